The van der Waals surface area contributed by atoms with Gasteiger partial charge in [-0.3, -0.25) is 9.59 Å². The topological polar surface area (TPSA) is 96.2 Å². The van der Waals surface area contributed by atoms with Crippen molar-refractivity contribution in [2.75, 3.05) is 22.9 Å². The van der Waals surface area contributed by atoms with E-state index in [4.69, 9.17) is 5.73 Å². The second-order valence-corrected chi connectivity index (χ2v) is 6.27. The van der Waals surface area contributed by atoms with Gasteiger partial charge in [-0.15, -0.1) is 0 Å². The van der Waals surface area contributed by atoms with Gasteiger partial charge in [-0.25, -0.2) is 0 Å². The molecule has 0 aliphatic carbocycles. The van der Waals surface area contributed by atoms with E-state index in [1.165, 1.54) is 0 Å². The standard InChI is InChI=1S/C20H22N4O2/c1-4-22-19(25)15-10-14(7-5-11(15)2)23-12(3)18-16-9-13(21)6-8-17(16)24-20(18)26/h5-10,23H,4,21H2,1-3H3,(H,22,25)(H,24,26)/b18-12-. The van der Waals surface area contributed by atoms with Crippen molar-refractivity contribution >= 4 is 34.4 Å². The highest BCUT2D eigenvalue weighted by Gasteiger charge is 2.26. The molecule has 134 valence electrons. The van der Waals surface area contributed by atoms with Gasteiger partial charge in [0.15, 0.2) is 0 Å². The Labute approximate surface area is 152 Å². The summed E-state index contributed by atoms with van der Waals surface area (Å²) in [5, 5.41) is 8.89. The molecule has 6 heteroatoms. The zero-order valence-electron chi connectivity index (χ0n) is 15.1. The molecule has 1 aliphatic rings. The predicted molar refractivity (Wildman–Crippen MR) is 105 cm³/mol. The molecule has 5 N–H and O–H groups in total. The third-order valence-electron chi connectivity index (χ3n) is 4.31. The maximum atomic E-state index is 12.4. The van der Waals surface area contributed by atoms with Crippen LogP contribution in [0.1, 0.15) is 35.3 Å². The summed E-state index contributed by atoms with van der Waals surface area (Å²) < 4.78 is 0. The van der Waals surface area contributed by atoms with Gasteiger partial charge in [0, 0.05) is 40.4 Å². The second kappa shape index (κ2) is 6.92. The van der Waals surface area contributed by atoms with Gasteiger partial charge in [0.25, 0.3) is 11.8 Å². The van der Waals surface area contributed by atoms with Gasteiger partial charge in [0.2, 0.25) is 0 Å². The van der Waals surface area contributed by atoms with Gasteiger partial charge in [0.1, 0.15) is 0 Å². The molecule has 6 nitrogen and oxygen atoms in total. The van der Waals surface area contributed by atoms with Crippen LogP contribution in [0.5, 0.6) is 0 Å². The largest absolute Gasteiger partial charge is 0.399 e. The van der Waals surface area contributed by atoms with Crippen LogP contribution in [0.15, 0.2) is 42.1 Å². The van der Waals surface area contributed by atoms with Crippen molar-refractivity contribution < 1.29 is 9.59 Å². The van der Waals surface area contributed by atoms with E-state index in [-0.39, 0.29) is 11.8 Å². The highest BCUT2D eigenvalue weighted by atomic mass is 16.2. The fraction of sp³-hybridized carbons (Fsp3) is 0.200. The lowest BCUT2D eigenvalue weighted by Crippen LogP contribution is -2.23. The first kappa shape index (κ1) is 17.5. The molecule has 0 radical (unpaired) electrons. The van der Waals surface area contributed by atoms with Gasteiger partial charge >= 0.3 is 0 Å². The van der Waals surface area contributed by atoms with E-state index in [1.807, 2.05) is 32.9 Å². The van der Waals surface area contributed by atoms with Crippen molar-refractivity contribution in [3.05, 3.63) is 58.8 Å². The van der Waals surface area contributed by atoms with E-state index in [9.17, 15) is 9.59 Å². The predicted octanol–water partition coefficient (Wildman–Crippen LogP) is 3.12. The molecule has 0 saturated carbocycles. The third kappa shape index (κ3) is 3.26. The van der Waals surface area contributed by atoms with Gasteiger partial charge in [-0.2, -0.15) is 0 Å². The highest BCUT2D eigenvalue weighted by molar-refractivity contribution is 6.32. The maximum Gasteiger partial charge on any atom is 0.258 e. The fourth-order valence-electron chi connectivity index (χ4n) is 3.04. The molecule has 0 spiro atoms. The lowest BCUT2D eigenvalue weighted by molar-refractivity contribution is -0.110. The quantitative estimate of drug-likeness (QED) is 0.503. The number of fused-ring (bicyclic) bond motifs is 1. The molecule has 0 aromatic heterocycles. The number of benzene rings is 2. The third-order valence-corrected chi connectivity index (χ3v) is 4.31. The first-order valence-electron chi connectivity index (χ1n) is 8.48. The number of amides is 2. The summed E-state index contributed by atoms with van der Waals surface area (Å²) in [5.41, 5.74) is 11.5. The van der Waals surface area contributed by atoms with E-state index in [0.29, 0.717) is 29.1 Å². The van der Waals surface area contributed by atoms with Crippen LogP contribution in [0.4, 0.5) is 17.1 Å². The van der Waals surface area contributed by atoms with Crippen molar-refractivity contribution in [2.45, 2.75) is 20.8 Å². The number of nitrogen functional groups attached to an aromatic ring is 1. The summed E-state index contributed by atoms with van der Waals surface area (Å²) >= 11 is 0. The molecule has 2 aromatic rings. The molecular formula is C20H22N4O2. The Morgan fingerprint density at radius 3 is 2.69 bits per heavy atom. The number of nitrogens with two attached hydrogens (primary N) is 1. The monoisotopic (exact) mass is 350 g/mol. The minimum absolute atomic E-state index is 0.115. The number of aryl methyl sites for hydroxylation is 1. The molecule has 1 aliphatic heterocycles. The van der Waals surface area contributed by atoms with Gasteiger partial charge < -0.3 is 21.7 Å². The van der Waals surface area contributed by atoms with Crippen LogP contribution in [0.3, 0.4) is 0 Å². The number of allylic oxidation sites excluding steroid dienone is 1. The Bertz CT molecular complexity index is 931. The summed E-state index contributed by atoms with van der Waals surface area (Å²) in [4.78, 5) is 24.6. The number of carbonyl (C=O) groups excluding carboxylic acids is 2. The zero-order valence-corrected chi connectivity index (χ0v) is 15.1. The molecule has 0 fully saturated rings. The Hall–Kier alpha value is -3.28. The lowest BCUT2D eigenvalue weighted by Gasteiger charge is -2.13. The zero-order chi connectivity index (χ0) is 18.8. The SMILES string of the molecule is CCNC(=O)c1cc(N/C(C)=C2\C(=O)Nc3ccc(N)cc32)ccc1C. The number of nitrogens with one attached hydrogen (secondary N) is 3. The molecule has 0 saturated heterocycles. The number of carbonyl (C=O) groups is 2. The normalized spacial score (nSPS) is 14.5. The smallest absolute Gasteiger partial charge is 0.258 e. The van der Waals surface area contributed by atoms with E-state index >= 15 is 0 Å². The highest BCUT2D eigenvalue weighted by Crippen LogP contribution is 2.35. The molecule has 0 bridgehead atoms. The van der Waals surface area contributed by atoms with Crippen LogP contribution in [-0.4, -0.2) is 18.4 Å². The molecule has 2 amide bonds. The minimum Gasteiger partial charge on any atom is -0.399 e. The van der Waals surface area contributed by atoms with E-state index < -0.39 is 0 Å². The first-order chi connectivity index (χ1) is 12.4. The molecule has 1 heterocycles. The van der Waals surface area contributed by atoms with Crippen molar-refractivity contribution in [1.82, 2.24) is 5.32 Å². The second-order valence-electron chi connectivity index (χ2n) is 6.27. The van der Waals surface area contributed by atoms with Crippen molar-refractivity contribution in [2.24, 2.45) is 0 Å². The summed E-state index contributed by atoms with van der Waals surface area (Å²) in [6, 6.07) is 10.9. The van der Waals surface area contributed by atoms with Crippen LogP contribution in [0.2, 0.25) is 0 Å². The number of hydrogen-bond donors (Lipinski definition) is 4. The Kier molecular flexibility index (Phi) is 4.67. The van der Waals surface area contributed by atoms with Crippen molar-refractivity contribution in [3.63, 3.8) is 0 Å². The number of hydrogen-bond acceptors (Lipinski definition) is 4. The van der Waals surface area contributed by atoms with E-state index in [0.717, 1.165) is 22.5 Å². The van der Waals surface area contributed by atoms with Crippen molar-refractivity contribution in [3.8, 4) is 0 Å². The van der Waals surface area contributed by atoms with Gasteiger partial charge in [0.05, 0.1) is 5.57 Å². The molecule has 2 aromatic carbocycles. The summed E-state index contributed by atoms with van der Waals surface area (Å²) in [7, 11) is 0. The summed E-state index contributed by atoms with van der Waals surface area (Å²) in [6.45, 7) is 6.17. The molecule has 3 rings (SSSR count). The Morgan fingerprint density at radius 1 is 1.19 bits per heavy atom. The van der Waals surface area contributed by atoms with E-state index in [2.05, 4.69) is 16.0 Å². The number of rotatable bonds is 4. The Balaban J connectivity index is 1.96. The summed E-state index contributed by atoms with van der Waals surface area (Å²) in [5.74, 6) is -0.289. The minimum atomic E-state index is -0.174. The van der Waals surface area contributed by atoms with Crippen molar-refractivity contribution in [1.29, 1.82) is 0 Å². The molecule has 0 atom stereocenters. The molecule has 0 unspecified atom stereocenters. The van der Waals surface area contributed by atoms with Crippen LogP contribution < -0.4 is 21.7 Å². The fourth-order valence-corrected chi connectivity index (χ4v) is 3.04. The van der Waals surface area contributed by atoms with E-state index in [1.54, 1.807) is 24.3 Å². The molecule has 26 heavy (non-hydrogen) atoms. The van der Waals surface area contributed by atoms with Gasteiger partial charge in [-0.05, 0) is 56.7 Å². The molecular weight excluding hydrogens is 328 g/mol. The average molecular weight is 350 g/mol. The van der Waals surface area contributed by atoms with Crippen LogP contribution >= 0.6 is 0 Å². The Morgan fingerprint density at radius 2 is 1.96 bits per heavy atom. The number of anilines is 3. The van der Waals surface area contributed by atoms with Crippen LogP contribution in [-0.2, 0) is 4.79 Å². The maximum absolute atomic E-state index is 12.4. The van der Waals surface area contributed by atoms with Gasteiger partial charge in [-0.1, -0.05) is 6.07 Å². The lowest BCUT2D eigenvalue weighted by atomic mass is 10.0. The first-order valence-corrected chi connectivity index (χ1v) is 8.48. The van der Waals surface area contributed by atoms with Crippen LogP contribution in [0, 0.1) is 6.92 Å². The summed E-state index contributed by atoms with van der Waals surface area (Å²) in [6.07, 6.45) is 0. The average Bonchev–Trinajstić information content (AvgIpc) is 2.91. The van der Waals surface area contributed by atoms with Crippen LogP contribution in [0.25, 0.3) is 5.57 Å².